The zero-order valence-corrected chi connectivity index (χ0v) is 7.79. The Kier molecular flexibility index (Phi) is 2.88. The molecule has 0 aromatic heterocycles. The molecule has 3 nitrogen and oxygen atoms in total. The van der Waals surface area contributed by atoms with Gasteiger partial charge >= 0.3 is 0 Å². The van der Waals surface area contributed by atoms with Gasteiger partial charge in [-0.2, -0.15) is 5.26 Å². The quantitative estimate of drug-likeness (QED) is 0.739. The Hall–Kier alpha value is -1.53. The molecule has 0 saturated heterocycles. The maximum atomic E-state index is 8.85. The van der Waals surface area contributed by atoms with E-state index in [0.29, 0.717) is 12.1 Å². The van der Waals surface area contributed by atoms with Gasteiger partial charge in [0.15, 0.2) is 0 Å². The van der Waals surface area contributed by atoms with Crippen molar-refractivity contribution in [2.24, 2.45) is 5.73 Å². The fourth-order valence-corrected chi connectivity index (χ4v) is 1.26. The van der Waals surface area contributed by atoms with Gasteiger partial charge in [-0.15, -0.1) is 0 Å². The molecule has 0 saturated carbocycles. The van der Waals surface area contributed by atoms with Gasteiger partial charge in [-0.05, 0) is 30.2 Å². The second-order valence-electron chi connectivity index (χ2n) is 2.79. The van der Waals surface area contributed by atoms with Gasteiger partial charge in [0.25, 0.3) is 0 Å². The Labute approximate surface area is 77.7 Å². The second-order valence-corrected chi connectivity index (χ2v) is 2.79. The van der Waals surface area contributed by atoms with Gasteiger partial charge in [-0.3, -0.25) is 0 Å². The highest BCUT2D eigenvalue weighted by Gasteiger charge is 2.06. The standard InChI is InChI=1S/C10H12N2O/c1-7-3-9(13-2)4-8(5-11)10(7)6-12/h3-4H,5,11H2,1-2H3. The first-order valence-electron chi connectivity index (χ1n) is 4.00. The minimum absolute atomic E-state index is 0.362. The molecule has 1 aromatic carbocycles. The van der Waals surface area contributed by atoms with Crippen LogP contribution in [0.3, 0.4) is 0 Å². The molecule has 0 bridgehead atoms. The van der Waals surface area contributed by atoms with Crippen LogP contribution in [0.4, 0.5) is 0 Å². The predicted molar refractivity (Wildman–Crippen MR) is 50.3 cm³/mol. The number of benzene rings is 1. The molecule has 0 amide bonds. The second kappa shape index (κ2) is 3.92. The minimum atomic E-state index is 0.362. The molecule has 3 heteroatoms. The fraction of sp³-hybridized carbons (Fsp3) is 0.300. The molecule has 1 aromatic rings. The van der Waals surface area contributed by atoms with Gasteiger partial charge in [0.2, 0.25) is 0 Å². The average molecular weight is 176 g/mol. The first-order valence-corrected chi connectivity index (χ1v) is 4.00. The Morgan fingerprint density at radius 3 is 2.69 bits per heavy atom. The minimum Gasteiger partial charge on any atom is -0.497 e. The first-order chi connectivity index (χ1) is 6.22. The molecule has 13 heavy (non-hydrogen) atoms. The van der Waals surface area contributed by atoms with Crippen molar-refractivity contribution in [3.63, 3.8) is 0 Å². The van der Waals surface area contributed by atoms with Gasteiger partial charge in [0.05, 0.1) is 18.7 Å². The van der Waals surface area contributed by atoms with E-state index in [1.807, 2.05) is 13.0 Å². The lowest BCUT2D eigenvalue weighted by atomic mass is 10.0. The van der Waals surface area contributed by atoms with Crippen molar-refractivity contribution in [3.05, 3.63) is 28.8 Å². The van der Waals surface area contributed by atoms with Crippen LogP contribution in [0.15, 0.2) is 12.1 Å². The van der Waals surface area contributed by atoms with E-state index in [1.54, 1.807) is 13.2 Å². The number of nitriles is 1. The molecule has 0 atom stereocenters. The number of rotatable bonds is 2. The summed E-state index contributed by atoms with van der Waals surface area (Å²) in [4.78, 5) is 0. The molecular weight excluding hydrogens is 164 g/mol. The third-order valence-electron chi connectivity index (χ3n) is 1.96. The van der Waals surface area contributed by atoms with Crippen molar-refractivity contribution in [2.45, 2.75) is 13.5 Å². The Bertz CT molecular complexity index is 353. The third-order valence-corrected chi connectivity index (χ3v) is 1.96. The molecule has 68 valence electrons. The van der Waals surface area contributed by atoms with Crippen LogP contribution in [-0.2, 0) is 6.54 Å². The summed E-state index contributed by atoms with van der Waals surface area (Å²) in [6.07, 6.45) is 0. The number of hydrogen-bond acceptors (Lipinski definition) is 3. The van der Waals surface area contributed by atoms with E-state index in [4.69, 9.17) is 15.7 Å². The molecule has 2 N–H and O–H groups in total. The smallest absolute Gasteiger partial charge is 0.119 e. The summed E-state index contributed by atoms with van der Waals surface area (Å²) in [6.45, 7) is 2.24. The zero-order valence-electron chi connectivity index (χ0n) is 7.79. The molecule has 0 aliphatic heterocycles. The molecule has 0 aliphatic carbocycles. The Balaban J connectivity index is 3.31. The van der Waals surface area contributed by atoms with E-state index in [-0.39, 0.29) is 0 Å². The molecule has 0 aliphatic rings. The highest BCUT2D eigenvalue weighted by Crippen LogP contribution is 2.20. The summed E-state index contributed by atoms with van der Waals surface area (Å²) in [5.74, 6) is 0.747. The topological polar surface area (TPSA) is 59.0 Å². The van der Waals surface area contributed by atoms with E-state index in [1.165, 1.54) is 0 Å². The number of methoxy groups -OCH3 is 1. The third kappa shape index (κ3) is 1.79. The van der Waals surface area contributed by atoms with Crippen LogP contribution >= 0.6 is 0 Å². The van der Waals surface area contributed by atoms with Crippen LogP contribution in [0.25, 0.3) is 0 Å². The largest absolute Gasteiger partial charge is 0.497 e. The molecule has 1 rings (SSSR count). The van der Waals surface area contributed by atoms with Crippen LogP contribution in [0.2, 0.25) is 0 Å². The van der Waals surface area contributed by atoms with E-state index < -0.39 is 0 Å². The van der Waals surface area contributed by atoms with Crippen molar-refractivity contribution in [1.82, 2.24) is 0 Å². The van der Waals surface area contributed by atoms with Gasteiger partial charge in [-0.25, -0.2) is 0 Å². The summed E-state index contributed by atoms with van der Waals surface area (Å²) in [5.41, 5.74) is 7.91. The lowest BCUT2D eigenvalue weighted by Gasteiger charge is -2.07. The van der Waals surface area contributed by atoms with Crippen molar-refractivity contribution < 1.29 is 4.74 Å². The van der Waals surface area contributed by atoms with Gasteiger partial charge in [-0.1, -0.05) is 0 Å². The van der Waals surface area contributed by atoms with Gasteiger partial charge in [0.1, 0.15) is 5.75 Å². The highest BCUT2D eigenvalue weighted by molar-refractivity contribution is 5.48. The molecule has 0 radical (unpaired) electrons. The van der Waals surface area contributed by atoms with Crippen molar-refractivity contribution in [2.75, 3.05) is 7.11 Å². The number of nitrogens with zero attached hydrogens (tertiary/aromatic N) is 1. The van der Waals surface area contributed by atoms with E-state index >= 15 is 0 Å². The lowest BCUT2D eigenvalue weighted by molar-refractivity contribution is 0.414. The van der Waals surface area contributed by atoms with Crippen molar-refractivity contribution in [1.29, 1.82) is 5.26 Å². The monoisotopic (exact) mass is 176 g/mol. The summed E-state index contributed by atoms with van der Waals surface area (Å²) in [6, 6.07) is 5.76. The zero-order chi connectivity index (χ0) is 9.84. The van der Waals surface area contributed by atoms with Crippen molar-refractivity contribution in [3.8, 4) is 11.8 Å². The van der Waals surface area contributed by atoms with E-state index in [2.05, 4.69) is 6.07 Å². The van der Waals surface area contributed by atoms with Crippen LogP contribution < -0.4 is 10.5 Å². The summed E-state index contributed by atoms with van der Waals surface area (Å²) >= 11 is 0. The molecule has 0 fully saturated rings. The van der Waals surface area contributed by atoms with E-state index in [0.717, 1.165) is 16.9 Å². The maximum Gasteiger partial charge on any atom is 0.119 e. The molecule has 0 unspecified atom stereocenters. The predicted octanol–water partition coefficient (Wildman–Crippen LogP) is 1.33. The van der Waals surface area contributed by atoms with Crippen LogP contribution in [0, 0.1) is 18.3 Å². The Morgan fingerprint density at radius 2 is 2.23 bits per heavy atom. The van der Waals surface area contributed by atoms with Gasteiger partial charge in [0, 0.05) is 6.54 Å². The SMILES string of the molecule is COc1cc(C)c(C#N)c(CN)c1. The summed E-state index contributed by atoms with van der Waals surface area (Å²) in [7, 11) is 1.60. The van der Waals surface area contributed by atoms with E-state index in [9.17, 15) is 0 Å². The summed E-state index contributed by atoms with van der Waals surface area (Å²) < 4.78 is 5.07. The first kappa shape index (κ1) is 9.56. The van der Waals surface area contributed by atoms with Gasteiger partial charge < -0.3 is 10.5 Å². The normalized spacial score (nSPS) is 9.38. The molecule has 0 spiro atoms. The highest BCUT2D eigenvalue weighted by atomic mass is 16.5. The van der Waals surface area contributed by atoms with Crippen LogP contribution in [0.1, 0.15) is 16.7 Å². The maximum absolute atomic E-state index is 8.85. The molecule has 0 heterocycles. The number of nitrogens with two attached hydrogens (primary N) is 1. The Morgan fingerprint density at radius 1 is 1.54 bits per heavy atom. The van der Waals surface area contributed by atoms with Crippen molar-refractivity contribution >= 4 is 0 Å². The lowest BCUT2D eigenvalue weighted by Crippen LogP contribution is -2.02. The molecular formula is C10H12N2O. The van der Waals surface area contributed by atoms with Crippen LogP contribution in [-0.4, -0.2) is 7.11 Å². The number of ether oxygens (including phenoxy) is 1. The number of aryl methyl sites for hydroxylation is 1. The summed E-state index contributed by atoms with van der Waals surface area (Å²) in [5, 5.41) is 8.85. The van der Waals surface area contributed by atoms with Crippen LogP contribution in [0.5, 0.6) is 5.75 Å². The number of hydrogen-bond donors (Lipinski definition) is 1. The fourth-order valence-electron chi connectivity index (χ4n) is 1.26. The average Bonchev–Trinajstić information content (AvgIpc) is 2.16.